The van der Waals surface area contributed by atoms with Gasteiger partial charge in [-0.1, -0.05) is 18.2 Å². The van der Waals surface area contributed by atoms with E-state index in [0.29, 0.717) is 12.2 Å². The summed E-state index contributed by atoms with van der Waals surface area (Å²) in [5, 5.41) is 13.7. The van der Waals surface area contributed by atoms with Crippen molar-refractivity contribution in [3.8, 4) is 0 Å². The molecule has 0 unspecified atom stereocenters. The smallest absolute Gasteiger partial charge is 0.354 e. The van der Waals surface area contributed by atoms with E-state index in [1.807, 2.05) is 26.0 Å². The van der Waals surface area contributed by atoms with Gasteiger partial charge in [0.25, 0.3) is 0 Å². The predicted molar refractivity (Wildman–Crippen MR) is 80.8 cm³/mol. The molecule has 0 amide bonds. The van der Waals surface area contributed by atoms with E-state index in [0.717, 1.165) is 18.5 Å². The Labute approximate surface area is 123 Å². The first-order valence-corrected chi connectivity index (χ1v) is 7.20. The molecule has 2 aromatic rings. The summed E-state index contributed by atoms with van der Waals surface area (Å²) in [5.74, 6) is -0.913. The van der Waals surface area contributed by atoms with Crippen LogP contribution in [-0.4, -0.2) is 27.4 Å². The third kappa shape index (κ3) is 2.39. The Balaban J connectivity index is 1.91. The van der Waals surface area contributed by atoms with Crippen molar-refractivity contribution in [2.45, 2.75) is 32.9 Å². The van der Waals surface area contributed by atoms with Crippen LogP contribution in [0.15, 0.2) is 30.5 Å². The van der Waals surface area contributed by atoms with Gasteiger partial charge in [-0.05, 0) is 31.9 Å². The van der Waals surface area contributed by atoms with Crippen LogP contribution in [-0.2, 0) is 13.0 Å². The fourth-order valence-electron chi connectivity index (χ4n) is 2.92. The molecule has 0 spiro atoms. The highest BCUT2D eigenvalue weighted by Crippen LogP contribution is 2.29. The first-order valence-electron chi connectivity index (χ1n) is 7.20. The van der Waals surface area contributed by atoms with Gasteiger partial charge in [0.1, 0.15) is 0 Å². The molecule has 1 N–H and O–H groups in total. The maximum atomic E-state index is 11.5. The molecular formula is C16H19N3O2. The van der Waals surface area contributed by atoms with E-state index >= 15 is 0 Å². The summed E-state index contributed by atoms with van der Waals surface area (Å²) in [6.07, 6.45) is 2.70. The minimum atomic E-state index is -0.913. The normalized spacial score (nSPS) is 13.8. The van der Waals surface area contributed by atoms with E-state index in [9.17, 15) is 9.90 Å². The van der Waals surface area contributed by atoms with Gasteiger partial charge in [0.2, 0.25) is 0 Å². The zero-order valence-electron chi connectivity index (χ0n) is 12.3. The highest BCUT2D eigenvalue weighted by Gasteiger charge is 2.24. The number of benzene rings is 1. The fourth-order valence-corrected chi connectivity index (χ4v) is 2.92. The lowest BCUT2D eigenvalue weighted by atomic mass is 10.2. The Morgan fingerprint density at radius 2 is 2.14 bits per heavy atom. The molecule has 110 valence electrons. The number of fused-ring (bicyclic) bond motifs is 1. The second-order valence-corrected chi connectivity index (χ2v) is 5.66. The minimum absolute atomic E-state index is 0.0377. The average molecular weight is 285 g/mol. The number of aromatic nitrogens is 2. The molecule has 5 nitrogen and oxygen atoms in total. The van der Waals surface area contributed by atoms with E-state index < -0.39 is 5.97 Å². The van der Waals surface area contributed by atoms with Gasteiger partial charge in [-0.3, -0.25) is 4.68 Å². The number of hydrogen-bond acceptors (Lipinski definition) is 3. The highest BCUT2D eigenvalue weighted by molar-refractivity contribution is 5.87. The maximum Gasteiger partial charge on any atom is 0.354 e. The van der Waals surface area contributed by atoms with E-state index in [-0.39, 0.29) is 6.04 Å². The Morgan fingerprint density at radius 3 is 2.86 bits per heavy atom. The quantitative estimate of drug-likeness (QED) is 0.938. The number of rotatable bonds is 4. The molecule has 21 heavy (non-hydrogen) atoms. The van der Waals surface area contributed by atoms with Crippen molar-refractivity contribution in [2.75, 3.05) is 11.4 Å². The topological polar surface area (TPSA) is 58.4 Å². The number of para-hydroxylation sites is 1. The molecule has 1 aliphatic heterocycles. The Kier molecular flexibility index (Phi) is 3.41. The van der Waals surface area contributed by atoms with E-state index in [4.69, 9.17) is 0 Å². The van der Waals surface area contributed by atoms with E-state index in [1.54, 1.807) is 10.9 Å². The molecule has 0 fully saturated rings. The van der Waals surface area contributed by atoms with Gasteiger partial charge in [-0.25, -0.2) is 4.79 Å². The van der Waals surface area contributed by atoms with Crippen molar-refractivity contribution in [1.29, 1.82) is 0 Å². The van der Waals surface area contributed by atoms with Gasteiger partial charge < -0.3 is 10.0 Å². The summed E-state index contributed by atoms with van der Waals surface area (Å²) in [5.41, 5.74) is 3.60. The third-order valence-corrected chi connectivity index (χ3v) is 3.91. The van der Waals surface area contributed by atoms with Crippen molar-refractivity contribution in [2.24, 2.45) is 0 Å². The monoisotopic (exact) mass is 285 g/mol. The number of hydrogen-bond donors (Lipinski definition) is 1. The zero-order valence-corrected chi connectivity index (χ0v) is 12.3. The summed E-state index contributed by atoms with van der Waals surface area (Å²) in [6.45, 7) is 5.39. The number of nitrogens with zero attached hydrogens (tertiary/aromatic N) is 3. The van der Waals surface area contributed by atoms with Gasteiger partial charge in [-0.15, -0.1) is 0 Å². The molecule has 3 rings (SSSR count). The second kappa shape index (κ2) is 5.24. The summed E-state index contributed by atoms with van der Waals surface area (Å²) >= 11 is 0. The van der Waals surface area contributed by atoms with E-state index in [2.05, 4.69) is 22.1 Å². The van der Waals surface area contributed by atoms with Crippen molar-refractivity contribution >= 4 is 11.7 Å². The molecule has 0 bridgehead atoms. The molecule has 0 radical (unpaired) electrons. The van der Waals surface area contributed by atoms with Crippen LogP contribution in [0.2, 0.25) is 0 Å². The van der Waals surface area contributed by atoms with Crippen molar-refractivity contribution in [3.63, 3.8) is 0 Å². The second-order valence-electron chi connectivity index (χ2n) is 5.66. The first kappa shape index (κ1) is 13.7. The van der Waals surface area contributed by atoms with Crippen molar-refractivity contribution in [3.05, 3.63) is 47.3 Å². The van der Waals surface area contributed by atoms with E-state index in [1.165, 1.54) is 11.3 Å². The van der Waals surface area contributed by atoms with Gasteiger partial charge in [0.05, 0.1) is 6.20 Å². The zero-order chi connectivity index (χ0) is 15.0. The predicted octanol–water partition coefficient (Wildman–Crippen LogP) is 2.72. The molecule has 0 atom stereocenters. The molecule has 1 aromatic heterocycles. The largest absolute Gasteiger partial charge is 0.477 e. The standard InChI is InChI=1S/C16H19N3O2/c1-11(2)19-15(16(20)21)13(9-17-19)10-18-8-7-12-5-3-4-6-14(12)18/h3-6,9,11H,7-8,10H2,1-2H3,(H,20,21). The third-order valence-electron chi connectivity index (χ3n) is 3.91. The Hall–Kier alpha value is -2.30. The van der Waals surface area contributed by atoms with Gasteiger partial charge in [0, 0.05) is 30.4 Å². The summed E-state index contributed by atoms with van der Waals surface area (Å²) in [4.78, 5) is 13.8. The molecule has 0 aliphatic carbocycles. The van der Waals surface area contributed by atoms with Crippen molar-refractivity contribution < 1.29 is 9.90 Å². The highest BCUT2D eigenvalue weighted by atomic mass is 16.4. The maximum absolute atomic E-state index is 11.5. The number of carbonyl (C=O) groups is 1. The molecule has 1 aliphatic rings. The molecular weight excluding hydrogens is 266 g/mol. The Bertz CT molecular complexity index is 676. The molecule has 0 saturated carbocycles. The van der Waals surface area contributed by atoms with Crippen LogP contribution in [0.4, 0.5) is 5.69 Å². The summed E-state index contributed by atoms with van der Waals surface area (Å²) < 4.78 is 1.58. The van der Waals surface area contributed by atoms with Crippen molar-refractivity contribution in [1.82, 2.24) is 9.78 Å². The summed E-state index contributed by atoms with van der Waals surface area (Å²) in [7, 11) is 0. The van der Waals surface area contributed by atoms with Crippen LogP contribution < -0.4 is 4.90 Å². The van der Waals surface area contributed by atoms with Crippen LogP contribution in [0, 0.1) is 0 Å². The molecule has 1 aromatic carbocycles. The fraction of sp³-hybridized carbons (Fsp3) is 0.375. The molecule has 0 saturated heterocycles. The SMILES string of the molecule is CC(C)n1ncc(CN2CCc3ccccc32)c1C(=O)O. The minimum Gasteiger partial charge on any atom is -0.477 e. The number of anilines is 1. The number of carboxylic acid groups (broad SMARTS) is 1. The van der Waals surface area contributed by atoms with Crippen LogP contribution in [0.3, 0.4) is 0 Å². The van der Waals surface area contributed by atoms with Gasteiger partial charge in [-0.2, -0.15) is 5.10 Å². The lowest BCUT2D eigenvalue weighted by Crippen LogP contribution is -2.22. The lowest BCUT2D eigenvalue weighted by molar-refractivity contribution is 0.0680. The first-order chi connectivity index (χ1) is 10.1. The number of aromatic carboxylic acids is 1. The van der Waals surface area contributed by atoms with Crippen LogP contribution in [0.5, 0.6) is 0 Å². The lowest BCUT2D eigenvalue weighted by Gasteiger charge is -2.19. The molecule has 2 heterocycles. The van der Waals surface area contributed by atoms with Gasteiger partial charge in [0.15, 0.2) is 5.69 Å². The number of carboxylic acids is 1. The molecule has 5 heteroatoms. The Morgan fingerprint density at radius 1 is 1.38 bits per heavy atom. The van der Waals surface area contributed by atoms with Crippen LogP contribution in [0.25, 0.3) is 0 Å². The van der Waals surface area contributed by atoms with Crippen LogP contribution >= 0.6 is 0 Å². The summed E-state index contributed by atoms with van der Waals surface area (Å²) in [6, 6.07) is 8.32. The van der Waals surface area contributed by atoms with Crippen LogP contribution in [0.1, 0.15) is 41.5 Å². The average Bonchev–Trinajstić information content (AvgIpc) is 3.04. The van der Waals surface area contributed by atoms with Gasteiger partial charge >= 0.3 is 5.97 Å².